The molecule has 0 bridgehead atoms. The van der Waals surface area contributed by atoms with E-state index in [2.05, 4.69) is 5.32 Å². The second-order valence-corrected chi connectivity index (χ2v) is 4.12. The summed E-state index contributed by atoms with van der Waals surface area (Å²) in [6.07, 6.45) is 1.68. The normalized spacial score (nSPS) is 11.8. The fourth-order valence-corrected chi connectivity index (χ4v) is 1.45. The van der Waals surface area contributed by atoms with Crippen LogP contribution in [0.15, 0.2) is 0 Å². The summed E-state index contributed by atoms with van der Waals surface area (Å²) in [6, 6.07) is -0.936. The molecule has 1 atom stereocenters. The number of carbonyl (C=O) groups excluding carboxylic acids is 1. The van der Waals surface area contributed by atoms with Gasteiger partial charge in [0.15, 0.2) is 0 Å². The first-order chi connectivity index (χ1) is 7.47. The number of amides is 1. The minimum absolute atomic E-state index is 0.196. The van der Waals surface area contributed by atoms with Gasteiger partial charge in [0.05, 0.1) is 6.42 Å². The first-order valence-electron chi connectivity index (χ1n) is 4.70. The van der Waals surface area contributed by atoms with Crippen molar-refractivity contribution < 1.29 is 24.6 Å². The Morgan fingerprint density at radius 2 is 1.88 bits per heavy atom. The molecule has 92 valence electrons. The number of thioether (sulfide) groups is 1. The zero-order chi connectivity index (χ0) is 12.6. The number of carbonyl (C=O) groups is 3. The number of carboxylic acids is 2. The minimum atomic E-state index is -1.10. The molecule has 0 saturated carbocycles. The molecule has 0 saturated heterocycles. The highest BCUT2D eigenvalue weighted by Crippen LogP contribution is 2.02. The van der Waals surface area contributed by atoms with Crippen LogP contribution in [-0.2, 0) is 14.4 Å². The van der Waals surface area contributed by atoms with Crippen LogP contribution in [0.25, 0.3) is 0 Å². The third kappa shape index (κ3) is 7.10. The van der Waals surface area contributed by atoms with Crippen molar-refractivity contribution in [3.63, 3.8) is 0 Å². The van der Waals surface area contributed by atoms with Crippen molar-refractivity contribution in [1.82, 2.24) is 5.32 Å². The molecular formula is C9H15NO5S. The molecule has 3 N–H and O–H groups in total. The predicted octanol–water partition coefficient (Wildman–Crippen LogP) is 0.174. The molecule has 1 amide bonds. The first-order valence-corrected chi connectivity index (χ1v) is 6.09. The van der Waals surface area contributed by atoms with E-state index in [9.17, 15) is 14.4 Å². The topological polar surface area (TPSA) is 104 Å². The van der Waals surface area contributed by atoms with Gasteiger partial charge in [0, 0.05) is 6.42 Å². The summed E-state index contributed by atoms with van der Waals surface area (Å²) in [5, 5.41) is 19.4. The van der Waals surface area contributed by atoms with Crippen molar-refractivity contribution in [2.75, 3.05) is 12.0 Å². The number of nitrogens with one attached hydrogen (secondary N) is 1. The van der Waals surface area contributed by atoms with Gasteiger partial charge >= 0.3 is 11.9 Å². The van der Waals surface area contributed by atoms with E-state index in [1.165, 1.54) is 11.8 Å². The molecule has 0 aliphatic carbocycles. The van der Waals surface area contributed by atoms with Crippen LogP contribution in [0, 0.1) is 0 Å². The molecule has 0 rings (SSSR count). The van der Waals surface area contributed by atoms with Crippen molar-refractivity contribution in [2.45, 2.75) is 25.3 Å². The Labute approximate surface area is 97.4 Å². The summed E-state index contributed by atoms with van der Waals surface area (Å²) in [6.45, 7) is 0. The highest BCUT2D eigenvalue weighted by atomic mass is 32.2. The van der Waals surface area contributed by atoms with Gasteiger partial charge in [0.1, 0.15) is 6.04 Å². The van der Waals surface area contributed by atoms with E-state index < -0.39 is 23.9 Å². The lowest BCUT2D eigenvalue weighted by atomic mass is 10.2. The molecule has 0 aliphatic heterocycles. The molecule has 0 aromatic heterocycles. The number of hydrogen-bond donors (Lipinski definition) is 3. The van der Waals surface area contributed by atoms with Gasteiger partial charge in [-0.15, -0.1) is 0 Å². The highest BCUT2D eigenvalue weighted by Gasteiger charge is 2.19. The van der Waals surface area contributed by atoms with E-state index in [4.69, 9.17) is 10.2 Å². The maximum Gasteiger partial charge on any atom is 0.326 e. The van der Waals surface area contributed by atoms with Crippen LogP contribution < -0.4 is 5.32 Å². The summed E-state index contributed by atoms with van der Waals surface area (Å²) < 4.78 is 0. The van der Waals surface area contributed by atoms with Gasteiger partial charge in [-0.05, 0) is 18.4 Å². The summed E-state index contributed by atoms with van der Waals surface area (Å²) in [5.74, 6) is -2.10. The van der Waals surface area contributed by atoms with Crippen LogP contribution in [0.4, 0.5) is 0 Å². The van der Waals surface area contributed by atoms with Gasteiger partial charge < -0.3 is 15.5 Å². The Morgan fingerprint density at radius 3 is 2.31 bits per heavy atom. The highest BCUT2D eigenvalue weighted by molar-refractivity contribution is 7.98. The van der Waals surface area contributed by atoms with Crippen LogP contribution in [0.5, 0.6) is 0 Å². The third-order valence-electron chi connectivity index (χ3n) is 1.81. The molecule has 0 radical (unpaired) electrons. The summed E-state index contributed by atoms with van der Waals surface area (Å²) in [7, 11) is 0. The lowest BCUT2D eigenvalue weighted by Crippen LogP contribution is -2.41. The molecule has 0 fully saturated rings. The zero-order valence-electron chi connectivity index (χ0n) is 8.93. The van der Waals surface area contributed by atoms with E-state index in [1.807, 2.05) is 6.26 Å². The van der Waals surface area contributed by atoms with Crippen LogP contribution in [0.2, 0.25) is 0 Å². The van der Waals surface area contributed by atoms with Gasteiger partial charge in [0.2, 0.25) is 5.91 Å². The van der Waals surface area contributed by atoms with Crippen LogP contribution in [0.1, 0.15) is 19.3 Å². The monoisotopic (exact) mass is 249 g/mol. The number of carboxylic acid groups (broad SMARTS) is 2. The molecule has 16 heavy (non-hydrogen) atoms. The quantitative estimate of drug-likeness (QED) is 0.566. The third-order valence-corrected chi connectivity index (χ3v) is 2.45. The van der Waals surface area contributed by atoms with E-state index in [0.29, 0.717) is 12.2 Å². The van der Waals surface area contributed by atoms with Crippen LogP contribution in [0.3, 0.4) is 0 Å². The van der Waals surface area contributed by atoms with Crippen molar-refractivity contribution in [2.24, 2.45) is 0 Å². The van der Waals surface area contributed by atoms with E-state index in [-0.39, 0.29) is 12.8 Å². The molecule has 0 aliphatic rings. The Balaban J connectivity index is 4.02. The van der Waals surface area contributed by atoms with E-state index in [1.54, 1.807) is 0 Å². The van der Waals surface area contributed by atoms with Gasteiger partial charge in [-0.3, -0.25) is 9.59 Å². The Hall–Kier alpha value is -1.24. The molecule has 0 spiro atoms. The summed E-state index contributed by atoms with van der Waals surface area (Å²) in [4.78, 5) is 32.1. The average Bonchev–Trinajstić information content (AvgIpc) is 2.20. The van der Waals surface area contributed by atoms with Gasteiger partial charge in [-0.25, -0.2) is 4.79 Å². The minimum Gasteiger partial charge on any atom is -0.481 e. The summed E-state index contributed by atoms with van der Waals surface area (Å²) in [5.41, 5.74) is 0. The van der Waals surface area contributed by atoms with E-state index >= 15 is 0 Å². The molecule has 0 heterocycles. The molecule has 0 unspecified atom stereocenters. The number of hydrogen-bond acceptors (Lipinski definition) is 4. The first kappa shape index (κ1) is 14.8. The molecule has 6 nitrogen and oxygen atoms in total. The molecular weight excluding hydrogens is 234 g/mol. The smallest absolute Gasteiger partial charge is 0.326 e. The number of aliphatic carboxylic acids is 2. The second kappa shape index (κ2) is 7.98. The lowest BCUT2D eigenvalue weighted by molar-refractivity contribution is -0.142. The number of rotatable bonds is 8. The fraction of sp³-hybridized carbons (Fsp3) is 0.667. The maximum atomic E-state index is 11.2. The van der Waals surface area contributed by atoms with Crippen LogP contribution in [-0.4, -0.2) is 46.1 Å². The SMILES string of the molecule is CSCC[C@H](NC(=O)CCC(=O)O)C(=O)O. The second-order valence-electron chi connectivity index (χ2n) is 3.13. The zero-order valence-corrected chi connectivity index (χ0v) is 9.75. The average molecular weight is 249 g/mol. The molecule has 0 aromatic rings. The van der Waals surface area contributed by atoms with Gasteiger partial charge in [-0.2, -0.15) is 11.8 Å². The lowest BCUT2D eigenvalue weighted by Gasteiger charge is -2.13. The van der Waals surface area contributed by atoms with Crippen molar-refractivity contribution >= 4 is 29.6 Å². The Morgan fingerprint density at radius 1 is 1.25 bits per heavy atom. The van der Waals surface area contributed by atoms with Crippen molar-refractivity contribution in [1.29, 1.82) is 0 Å². The van der Waals surface area contributed by atoms with Crippen molar-refractivity contribution in [3.05, 3.63) is 0 Å². The predicted molar refractivity (Wildman–Crippen MR) is 59.4 cm³/mol. The van der Waals surface area contributed by atoms with Gasteiger partial charge in [-0.1, -0.05) is 0 Å². The standard InChI is InChI=1S/C9H15NO5S/c1-16-5-4-6(9(14)15)10-7(11)2-3-8(12)13/h6H,2-5H2,1H3,(H,10,11)(H,12,13)(H,14,15)/t6-/m0/s1. The maximum absolute atomic E-state index is 11.2. The molecule has 7 heteroatoms. The molecule has 0 aromatic carbocycles. The van der Waals surface area contributed by atoms with Crippen LogP contribution >= 0.6 is 11.8 Å². The summed E-state index contributed by atoms with van der Waals surface area (Å²) >= 11 is 1.48. The Kier molecular flexibility index (Phi) is 7.36. The van der Waals surface area contributed by atoms with Crippen molar-refractivity contribution in [3.8, 4) is 0 Å². The van der Waals surface area contributed by atoms with Gasteiger partial charge in [0.25, 0.3) is 0 Å². The largest absolute Gasteiger partial charge is 0.481 e. The Bertz CT molecular complexity index is 269. The fourth-order valence-electron chi connectivity index (χ4n) is 0.980. The van der Waals surface area contributed by atoms with E-state index in [0.717, 1.165) is 0 Å².